The Morgan fingerprint density at radius 2 is 1.90 bits per heavy atom. The predicted molar refractivity (Wildman–Crippen MR) is 54.4 cm³/mol. The molecule has 4 heteroatoms. The molecular weight excluding hydrogens is 188 g/mol. The van der Waals surface area contributed by atoms with E-state index in [1.165, 1.54) is 0 Å². The van der Waals surface area contributed by atoms with Gasteiger partial charge in [-0.25, -0.2) is 0 Å². The third kappa shape index (κ3) is 7.08. The second-order valence-corrected chi connectivity index (χ2v) is 3.73. The minimum atomic E-state index is -0.449. The Bertz CT molecular complexity index is 85.8. The quantitative estimate of drug-likeness (QED) is 0.422. The van der Waals surface area contributed by atoms with E-state index in [9.17, 15) is 0 Å². The zero-order chi connectivity index (χ0) is 7.49. The van der Waals surface area contributed by atoms with Crippen LogP contribution < -0.4 is 5.32 Å². The van der Waals surface area contributed by atoms with E-state index in [4.69, 9.17) is 23.2 Å². The van der Waals surface area contributed by atoms with Crippen molar-refractivity contribution < 1.29 is 0 Å². The van der Waals surface area contributed by atoms with E-state index in [1.54, 1.807) is 0 Å². The van der Waals surface area contributed by atoms with Crippen molar-refractivity contribution in [3.05, 3.63) is 0 Å². The first kappa shape index (κ1) is 13.6. The fraction of sp³-hybridized carbons (Fsp3) is 1.00. The molecule has 0 saturated carbocycles. The van der Waals surface area contributed by atoms with Crippen LogP contribution in [0.4, 0.5) is 0 Å². The molecule has 10 heavy (non-hydrogen) atoms. The van der Waals surface area contributed by atoms with Crippen LogP contribution in [-0.2, 0) is 0 Å². The maximum atomic E-state index is 5.87. The molecule has 0 saturated heterocycles. The second-order valence-electron chi connectivity index (χ2n) is 2.63. The second kappa shape index (κ2) is 5.60. The highest BCUT2D eigenvalue weighted by molar-refractivity contribution is 6.92. The molecule has 0 bridgehead atoms. The molecule has 0 spiro atoms. The molecule has 0 amide bonds. The van der Waals surface area contributed by atoms with Crippen LogP contribution in [0.25, 0.3) is 0 Å². The highest BCUT2D eigenvalue weighted by Crippen LogP contribution is 2.12. The summed E-state index contributed by atoms with van der Waals surface area (Å²) >= 11 is 11.4. The average Bonchev–Trinajstić information content (AvgIpc) is 1.63. The first-order chi connectivity index (χ1) is 3.98. The fourth-order valence-electron chi connectivity index (χ4n) is 0.640. The van der Waals surface area contributed by atoms with Crippen molar-refractivity contribution >= 4 is 33.1 Å². The Balaban J connectivity index is 0. The molecule has 1 nitrogen and oxygen atoms in total. The highest BCUT2D eigenvalue weighted by atomic mass is 35.5. The molecular formula is C6H16Cl2NP. The van der Waals surface area contributed by atoms with Crippen LogP contribution in [0, 0.1) is 0 Å². The Labute approximate surface area is 76.5 Å². The minimum Gasteiger partial charge on any atom is -0.296 e. The molecule has 0 aromatic rings. The number of hydrogen-bond donors (Lipinski definition) is 1. The number of hydrogen-bond acceptors (Lipinski definition) is 1. The van der Waals surface area contributed by atoms with Crippen LogP contribution in [0.5, 0.6) is 0 Å². The summed E-state index contributed by atoms with van der Waals surface area (Å²) < 4.78 is 0. The molecule has 0 fully saturated rings. The van der Waals surface area contributed by atoms with Gasteiger partial charge in [-0.15, -0.1) is 23.2 Å². The first-order valence-electron chi connectivity index (χ1n) is 3.00. The number of alkyl halides is 2. The maximum absolute atomic E-state index is 5.87. The van der Waals surface area contributed by atoms with E-state index in [-0.39, 0.29) is 9.90 Å². The van der Waals surface area contributed by atoms with Gasteiger partial charge in [-0.3, -0.25) is 5.32 Å². The van der Waals surface area contributed by atoms with Crippen molar-refractivity contribution in [2.24, 2.45) is 0 Å². The lowest BCUT2D eigenvalue weighted by Gasteiger charge is -2.23. The Morgan fingerprint density at radius 3 is 2.00 bits per heavy atom. The lowest BCUT2D eigenvalue weighted by Crippen LogP contribution is -2.42. The van der Waals surface area contributed by atoms with Gasteiger partial charge in [0.2, 0.25) is 0 Å². The SMILES string of the molecule is CC(C)NC(C)(Cl)CCl.P. The largest absolute Gasteiger partial charge is 0.296 e. The van der Waals surface area contributed by atoms with Crippen LogP contribution >= 0.6 is 33.1 Å². The summed E-state index contributed by atoms with van der Waals surface area (Å²) in [6.07, 6.45) is 0. The fourth-order valence-corrected chi connectivity index (χ4v) is 0.936. The van der Waals surface area contributed by atoms with Crippen LogP contribution in [0.2, 0.25) is 0 Å². The van der Waals surface area contributed by atoms with Crippen molar-refractivity contribution in [2.75, 3.05) is 5.88 Å². The topological polar surface area (TPSA) is 12.0 Å². The van der Waals surface area contributed by atoms with Crippen molar-refractivity contribution in [3.63, 3.8) is 0 Å². The monoisotopic (exact) mass is 203 g/mol. The average molecular weight is 204 g/mol. The van der Waals surface area contributed by atoms with Gasteiger partial charge in [0.1, 0.15) is 5.00 Å². The molecule has 2 atom stereocenters. The van der Waals surface area contributed by atoms with Crippen molar-refractivity contribution in [1.29, 1.82) is 0 Å². The van der Waals surface area contributed by atoms with E-state index in [0.29, 0.717) is 11.9 Å². The highest BCUT2D eigenvalue weighted by Gasteiger charge is 2.18. The van der Waals surface area contributed by atoms with E-state index in [1.807, 2.05) is 20.8 Å². The van der Waals surface area contributed by atoms with Crippen LogP contribution in [0.1, 0.15) is 20.8 Å². The predicted octanol–water partition coefficient (Wildman–Crippen LogP) is 2.24. The van der Waals surface area contributed by atoms with E-state index < -0.39 is 5.00 Å². The van der Waals surface area contributed by atoms with E-state index in [0.717, 1.165) is 0 Å². The minimum absolute atomic E-state index is 0. The number of rotatable bonds is 3. The summed E-state index contributed by atoms with van der Waals surface area (Å²) in [5, 5.41) is 3.10. The molecule has 1 N–H and O–H groups in total. The third-order valence-electron chi connectivity index (χ3n) is 0.841. The van der Waals surface area contributed by atoms with E-state index in [2.05, 4.69) is 5.32 Å². The summed E-state index contributed by atoms with van der Waals surface area (Å²) in [5.41, 5.74) is 0. The van der Waals surface area contributed by atoms with Gasteiger partial charge < -0.3 is 0 Å². The molecule has 0 radical (unpaired) electrons. The summed E-state index contributed by atoms with van der Waals surface area (Å²) in [6.45, 7) is 5.93. The van der Waals surface area contributed by atoms with Crippen molar-refractivity contribution in [1.82, 2.24) is 5.32 Å². The van der Waals surface area contributed by atoms with Gasteiger partial charge >= 0.3 is 0 Å². The molecule has 0 aliphatic heterocycles. The standard InChI is InChI=1S/C6H13Cl2N.H3P/c1-5(2)9-6(3,8)4-7;/h5,9H,4H2,1-3H3;1H3. The molecule has 0 aromatic heterocycles. The van der Waals surface area contributed by atoms with Crippen molar-refractivity contribution in [3.8, 4) is 0 Å². The first-order valence-corrected chi connectivity index (χ1v) is 3.92. The van der Waals surface area contributed by atoms with Crippen LogP contribution in [0.3, 0.4) is 0 Å². The molecule has 64 valence electrons. The number of nitrogens with one attached hydrogen (secondary N) is 1. The molecule has 2 unspecified atom stereocenters. The van der Waals surface area contributed by atoms with E-state index >= 15 is 0 Å². The van der Waals surface area contributed by atoms with Gasteiger partial charge in [0.25, 0.3) is 0 Å². The lowest BCUT2D eigenvalue weighted by molar-refractivity contribution is 0.477. The molecule has 0 rings (SSSR count). The van der Waals surface area contributed by atoms with Crippen molar-refractivity contribution in [2.45, 2.75) is 31.8 Å². The third-order valence-corrected chi connectivity index (χ3v) is 1.75. The summed E-state index contributed by atoms with van der Waals surface area (Å²) in [5.74, 6) is 0.423. The normalized spacial score (nSPS) is 16.2. The van der Waals surface area contributed by atoms with Gasteiger partial charge in [0, 0.05) is 6.04 Å². The maximum Gasteiger partial charge on any atom is 0.105 e. The number of halogens is 2. The van der Waals surface area contributed by atoms with Crippen LogP contribution in [0.15, 0.2) is 0 Å². The van der Waals surface area contributed by atoms with Gasteiger partial charge in [-0.05, 0) is 20.8 Å². The Morgan fingerprint density at radius 1 is 1.50 bits per heavy atom. The smallest absolute Gasteiger partial charge is 0.105 e. The molecule has 0 aliphatic carbocycles. The summed E-state index contributed by atoms with van der Waals surface area (Å²) in [7, 11) is 0. The lowest BCUT2D eigenvalue weighted by atomic mass is 10.3. The molecule has 0 aliphatic rings. The van der Waals surface area contributed by atoms with Crippen LogP contribution in [-0.4, -0.2) is 16.9 Å². The zero-order valence-corrected chi connectivity index (χ0v) is 9.67. The van der Waals surface area contributed by atoms with Gasteiger partial charge in [-0.2, -0.15) is 9.90 Å². The Kier molecular flexibility index (Phi) is 7.59. The summed E-state index contributed by atoms with van der Waals surface area (Å²) in [6, 6.07) is 0.381. The molecule has 0 aromatic carbocycles. The molecule has 0 heterocycles. The van der Waals surface area contributed by atoms with Gasteiger partial charge in [-0.1, -0.05) is 0 Å². The van der Waals surface area contributed by atoms with Gasteiger partial charge in [0.05, 0.1) is 5.88 Å². The van der Waals surface area contributed by atoms with Gasteiger partial charge in [0.15, 0.2) is 0 Å². The zero-order valence-electron chi connectivity index (χ0n) is 6.75. The summed E-state index contributed by atoms with van der Waals surface area (Å²) in [4.78, 5) is -0.449. The Hall–Kier alpha value is 0.970.